The van der Waals surface area contributed by atoms with E-state index in [-0.39, 0.29) is 5.91 Å². The van der Waals surface area contributed by atoms with Gasteiger partial charge in [-0.05, 0) is 41.3 Å². The molecule has 0 fully saturated rings. The molecule has 0 aliphatic heterocycles. The molecule has 1 heterocycles. The van der Waals surface area contributed by atoms with Crippen molar-refractivity contribution in [3.8, 4) is 10.4 Å². The van der Waals surface area contributed by atoms with E-state index < -0.39 is 0 Å². The van der Waals surface area contributed by atoms with Crippen molar-refractivity contribution in [2.45, 2.75) is 19.8 Å². The Labute approximate surface area is 152 Å². The summed E-state index contributed by atoms with van der Waals surface area (Å²) in [6, 6.07) is 22.3. The van der Waals surface area contributed by atoms with Crippen LogP contribution in [-0.2, 0) is 4.79 Å². The molecule has 0 bridgehead atoms. The minimum Gasteiger partial charge on any atom is -0.322 e. The van der Waals surface area contributed by atoms with Crippen molar-refractivity contribution in [3.63, 3.8) is 0 Å². The fraction of sp³-hybridized carbons (Fsp3) is 0.136. The van der Waals surface area contributed by atoms with Gasteiger partial charge in [0, 0.05) is 21.5 Å². The molecule has 1 N–H and O–H groups in total. The predicted octanol–water partition coefficient (Wildman–Crippen LogP) is 6.19. The van der Waals surface area contributed by atoms with Crippen molar-refractivity contribution >= 4 is 29.0 Å². The number of anilines is 1. The molecule has 0 aliphatic carbocycles. The van der Waals surface area contributed by atoms with Gasteiger partial charge in [0.25, 0.3) is 0 Å². The van der Waals surface area contributed by atoms with Crippen LogP contribution in [0.25, 0.3) is 16.5 Å². The number of carbonyl (C=O) groups excluding carboxylic acids is 1. The lowest BCUT2D eigenvalue weighted by Crippen LogP contribution is -2.10. The summed E-state index contributed by atoms with van der Waals surface area (Å²) in [6.45, 7) is 4.25. The van der Waals surface area contributed by atoms with Gasteiger partial charge in [-0.25, -0.2) is 0 Å². The Morgan fingerprint density at radius 2 is 1.68 bits per heavy atom. The Kier molecular flexibility index (Phi) is 5.46. The second kappa shape index (κ2) is 7.95. The molecule has 3 heteroatoms. The van der Waals surface area contributed by atoms with Gasteiger partial charge in [0.1, 0.15) is 0 Å². The summed E-state index contributed by atoms with van der Waals surface area (Å²) in [5.74, 6) is 0.258. The van der Waals surface area contributed by atoms with Crippen LogP contribution in [0.5, 0.6) is 0 Å². The van der Waals surface area contributed by atoms with Crippen molar-refractivity contribution < 1.29 is 4.79 Å². The van der Waals surface area contributed by atoms with Crippen LogP contribution in [0.2, 0.25) is 0 Å². The van der Waals surface area contributed by atoms with E-state index in [1.807, 2.05) is 48.5 Å². The fourth-order valence-electron chi connectivity index (χ4n) is 2.65. The van der Waals surface area contributed by atoms with Gasteiger partial charge in [-0.2, -0.15) is 0 Å². The van der Waals surface area contributed by atoms with Gasteiger partial charge in [0.15, 0.2) is 0 Å². The van der Waals surface area contributed by atoms with Crippen LogP contribution < -0.4 is 5.32 Å². The quantitative estimate of drug-likeness (QED) is 0.548. The van der Waals surface area contributed by atoms with E-state index in [2.05, 4.69) is 43.4 Å². The molecule has 3 rings (SSSR count). The smallest absolute Gasteiger partial charge is 0.248 e. The summed E-state index contributed by atoms with van der Waals surface area (Å²) in [5, 5.41) is 2.98. The highest BCUT2D eigenvalue weighted by Gasteiger charge is 2.07. The summed E-state index contributed by atoms with van der Waals surface area (Å²) in [4.78, 5) is 14.5. The average Bonchev–Trinajstić information content (AvgIpc) is 3.10. The molecule has 0 saturated carbocycles. The highest BCUT2D eigenvalue weighted by Crippen LogP contribution is 2.28. The van der Waals surface area contributed by atoms with Gasteiger partial charge in [-0.15, -0.1) is 11.3 Å². The maximum absolute atomic E-state index is 12.2. The maximum Gasteiger partial charge on any atom is 0.248 e. The van der Waals surface area contributed by atoms with Crippen molar-refractivity contribution in [2.75, 3.05) is 5.32 Å². The Hall–Kier alpha value is -2.65. The van der Waals surface area contributed by atoms with Crippen LogP contribution in [0.4, 0.5) is 5.69 Å². The van der Waals surface area contributed by atoms with Gasteiger partial charge in [0.05, 0.1) is 0 Å². The van der Waals surface area contributed by atoms with Crippen LogP contribution in [0.3, 0.4) is 0 Å². The normalized spacial score (nSPS) is 11.2. The summed E-state index contributed by atoms with van der Waals surface area (Å²) in [7, 11) is 0. The van der Waals surface area contributed by atoms with Crippen molar-refractivity contribution in [1.29, 1.82) is 0 Å². The average molecular weight is 347 g/mol. The van der Waals surface area contributed by atoms with E-state index in [0.29, 0.717) is 5.92 Å². The summed E-state index contributed by atoms with van der Waals surface area (Å²) < 4.78 is 0. The van der Waals surface area contributed by atoms with Crippen LogP contribution >= 0.6 is 11.3 Å². The molecule has 2 nitrogen and oxygen atoms in total. The molecule has 25 heavy (non-hydrogen) atoms. The van der Waals surface area contributed by atoms with Crippen LogP contribution in [-0.4, -0.2) is 5.91 Å². The highest BCUT2D eigenvalue weighted by molar-refractivity contribution is 7.16. The molecule has 3 aromatic rings. The molecule has 0 atom stereocenters. The van der Waals surface area contributed by atoms with E-state index >= 15 is 0 Å². The summed E-state index contributed by atoms with van der Waals surface area (Å²) in [5.41, 5.74) is 3.22. The number of carbonyl (C=O) groups is 1. The minimum atomic E-state index is -0.109. The molecule has 0 radical (unpaired) electrons. The van der Waals surface area contributed by atoms with Gasteiger partial charge in [-0.3, -0.25) is 4.79 Å². The molecular weight excluding hydrogens is 326 g/mol. The Morgan fingerprint density at radius 1 is 0.960 bits per heavy atom. The van der Waals surface area contributed by atoms with Gasteiger partial charge >= 0.3 is 0 Å². The second-order valence-electron chi connectivity index (χ2n) is 6.13. The topological polar surface area (TPSA) is 29.1 Å². The lowest BCUT2D eigenvalue weighted by atomic mass is 10.0. The zero-order valence-corrected chi connectivity index (χ0v) is 15.2. The third-order valence-corrected chi connectivity index (χ3v) is 5.02. The van der Waals surface area contributed by atoms with Gasteiger partial charge in [-0.1, -0.05) is 62.4 Å². The Morgan fingerprint density at radius 3 is 2.44 bits per heavy atom. The van der Waals surface area contributed by atoms with E-state index in [4.69, 9.17) is 0 Å². The van der Waals surface area contributed by atoms with E-state index in [9.17, 15) is 4.79 Å². The third-order valence-electron chi connectivity index (χ3n) is 3.92. The van der Waals surface area contributed by atoms with Crippen LogP contribution in [0.15, 0.2) is 72.8 Å². The molecule has 126 valence electrons. The van der Waals surface area contributed by atoms with Crippen molar-refractivity contribution in [2.24, 2.45) is 0 Å². The monoisotopic (exact) mass is 347 g/mol. The molecule has 2 aromatic carbocycles. The SMILES string of the molecule is CC(C)c1ccccc1NC(=O)/C=C/c1ccc(-c2ccccc2)s1. The zero-order chi connectivity index (χ0) is 17.6. The first-order valence-corrected chi connectivity index (χ1v) is 9.18. The summed E-state index contributed by atoms with van der Waals surface area (Å²) in [6.07, 6.45) is 3.46. The first kappa shape index (κ1) is 17.2. The number of para-hydroxylation sites is 1. The van der Waals surface area contributed by atoms with Gasteiger partial charge in [0.2, 0.25) is 5.91 Å². The number of amides is 1. The molecule has 0 spiro atoms. The van der Waals surface area contributed by atoms with Crippen LogP contribution in [0.1, 0.15) is 30.2 Å². The maximum atomic E-state index is 12.2. The lowest BCUT2D eigenvalue weighted by Gasteiger charge is -2.12. The molecule has 0 aliphatic rings. The number of benzene rings is 2. The number of nitrogens with one attached hydrogen (secondary N) is 1. The van der Waals surface area contributed by atoms with Gasteiger partial charge < -0.3 is 5.32 Å². The first-order chi connectivity index (χ1) is 12.1. The first-order valence-electron chi connectivity index (χ1n) is 8.37. The number of thiophene rings is 1. The second-order valence-corrected chi connectivity index (χ2v) is 7.25. The molecular formula is C22H21NOS. The van der Waals surface area contributed by atoms with Crippen molar-refractivity contribution in [3.05, 3.63) is 83.2 Å². The molecule has 1 amide bonds. The van der Waals surface area contributed by atoms with E-state index in [1.165, 1.54) is 10.4 Å². The molecule has 0 saturated heterocycles. The van der Waals surface area contributed by atoms with E-state index in [0.717, 1.165) is 16.1 Å². The molecule has 0 unspecified atom stereocenters. The van der Waals surface area contributed by atoms with Crippen LogP contribution in [0, 0.1) is 0 Å². The van der Waals surface area contributed by atoms with Crippen molar-refractivity contribution in [1.82, 2.24) is 0 Å². The third kappa shape index (κ3) is 4.46. The summed E-state index contributed by atoms with van der Waals surface area (Å²) >= 11 is 1.68. The number of hydrogen-bond donors (Lipinski definition) is 1. The Balaban J connectivity index is 1.69. The standard InChI is InChI=1S/C22H21NOS/c1-16(2)19-10-6-7-11-20(19)23-22(24)15-13-18-12-14-21(25-18)17-8-4-3-5-9-17/h3-16H,1-2H3,(H,23,24)/b15-13+. The van der Waals surface area contributed by atoms with E-state index in [1.54, 1.807) is 17.4 Å². The largest absolute Gasteiger partial charge is 0.322 e. The lowest BCUT2D eigenvalue weighted by molar-refractivity contribution is -0.111. The number of hydrogen-bond acceptors (Lipinski definition) is 2. The number of rotatable bonds is 5. The minimum absolute atomic E-state index is 0.109. The Bertz CT molecular complexity index is 878. The predicted molar refractivity (Wildman–Crippen MR) is 108 cm³/mol. The zero-order valence-electron chi connectivity index (χ0n) is 14.4. The fourth-order valence-corrected chi connectivity index (χ4v) is 3.56. The highest BCUT2D eigenvalue weighted by atomic mass is 32.1. The molecule has 1 aromatic heterocycles.